The molecule has 0 saturated heterocycles. The van der Waals surface area contributed by atoms with Gasteiger partial charge in [-0.25, -0.2) is 4.39 Å². The number of allylic oxidation sites excluding steroid dienone is 1. The maximum absolute atomic E-state index is 13.4. The van der Waals surface area contributed by atoms with E-state index in [9.17, 15) is 48.3 Å². The van der Waals surface area contributed by atoms with Gasteiger partial charge in [0.2, 0.25) is 0 Å². The maximum atomic E-state index is 13.4. The molecular weight excluding hydrogens is 321 g/mol. The minimum absolute atomic E-state index is 0.864. The van der Waals surface area contributed by atoms with Crippen molar-refractivity contribution in [2.24, 2.45) is 0 Å². The van der Waals surface area contributed by atoms with Gasteiger partial charge in [0.15, 0.2) is 0 Å². The van der Waals surface area contributed by atoms with E-state index in [0.717, 1.165) is 0 Å². The second-order valence-corrected chi connectivity index (χ2v) is 3.76. The number of alkyl halides is 11. The summed E-state index contributed by atoms with van der Waals surface area (Å²) < 4.78 is 139. The molecule has 1 aliphatic rings. The number of rotatable bonds is 2. The Morgan fingerprint density at radius 3 is 1.40 bits per heavy atom. The highest BCUT2D eigenvalue weighted by atomic mass is 19.4. The molecular formula is C8H3F11O. The van der Waals surface area contributed by atoms with Crippen molar-refractivity contribution < 1.29 is 53.0 Å². The predicted octanol–water partition coefficient (Wildman–Crippen LogP) is 4.00. The van der Waals surface area contributed by atoms with Gasteiger partial charge in [0.1, 0.15) is 0 Å². The van der Waals surface area contributed by atoms with Crippen LogP contribution in [-0.4, -0.2) is 36.2 Å². The van der Waals surface area contributed by atoms with Crippen molar-refractivity contribution in [3.8, 4) is 0 Å². The van der Waals surface area contributed by atoms with Crippen LogP contribution >= 0.6 is 0 Å². The van der Waals surface area contributed by atoms with Crippen LogP contribution in [0.5, 0.6) is 0 Å². The Labute approximate surface area is 103 Å². The molecule has 0 saturated carbocycles. The molecule has 0 amide bonds. The zero-order chi connectivity index (χ0) is 16.2. The van der Waals surface area contributed by atoms with Gasteiger partial charge in [0.25, 0.3) is 6.10 Å². The fraction of sp³-hybridized carbons (Fsp3) is 0.750. The van der Waals surface area contributed by atoms with Crippen LogP contribution in [0.25, 0.3) is 0 Å². The highest BCUT2D eigenvalue weighted by Gasteiger charge is 2.76. The van der Waals surface area contributed by atoms with E-state index in [1.54, 1.807) is 0 Å². The van der Waals surface area contributed by atoms with Crippen LogP contribution in [0.4, 0.5) is 48.3 Å². The topological polar surface area (TPSA) is 9.23 Å². The number of ether oxygens (including phenoxy) is 1. The molecule has 12 heteroatoms. The molecule has 1 aliphatic carbocycles. The molecule has 0 N–H and O–H groups in total. The van der Waals surface area contributed by atoms with Crippen LogP contribution in [-0.2, 0) is 4.74 Å². The zero-order valence-electron chi connectivity index (χ0n) is 8.80. The third-order valence-corrected chi connectivity index (χ3v) is 2.24. The molecule has 0 aromatic rings. The first kappa shape index (κ1) is 17.0. The summed E-state index contributed by atoms with van der Waals surface area (Å²) in [5, 5.41) is 0. The van der Waals surface area contributed by atoms with Gasteiger partial charge in [0, 0.05) is 0 Å². The normalized spacial score (nSPS) is 29.2. The van der Waals surface area contributed by atoms with Gasteiger partial charge in [-0.1, -0.05) is 0 Å². The summed E-state index contributed by atoms with van der Waals surface area (Å²) in [6.07, 6.45) is -19.4. The fourth-order valence-corrected chi connectivity index (χ4v) is 1.25. The third-order valence-electron chi connectivity index (χ3n) is 2.24. The SMILES string of the molecule is FC(F)(F)C(OC1(F)C=CC(F)(F)C1(F)F)C(F)(F)F. The molecule has 0 radical (unpaired) electrons. The molecule has 0 aromatic carbocycles. The Kier molecular flexibility index (Phi) is 3.58. The largest absolute Gasteiger partial charge is 0.423 e. The summed E-state index contributed by atoms with van der Waals surface area (Å²) >= 11 is 0. The van der Waals surface area contributed by atoms with Crippen LogP contribution in [0, 0.1) is 0 Å². The Morgan fingerprint density at radius 1 is 0.750 bits per heavy atom. The van der Waals surface area contributed by atoms with Crippen molar-refractivity contribution in [1.82, 2.24) is 0 Å². The van der Waals surface area contributed by atoms with Crippen LogP contribution in [0.15, 0.2) is 12.2 Å². The van der Waals surface area contributed by atoms with Crippen LogP contribution < -0.4 is 0 Å². The van der Waals surface area contributed by atoms with E-state index in [2.05, 4.69) is 4.74 Å². The molecule has 20 heavy (non-hydrogen) atoms. The second-order valence-electron chi connectivity index (χ2n) is 3.76. The van der Waals surface area contributed by atoms with E-state index < -0.39 is 48.3 Å². The minimum Gasteiger partial charge on any atom is -0.316 e. The average Bonchev–Trinajstić information content (AvgIpc) is 2.33. The van der Waals surface area contributed by atoms with E-state index in [-0.39, 0.29) is 0 Å². The van der Waals surface area contributed by atoms with E-state index in [1.165, 1.54) is 0 Å². The fourth-order valence-electron chi connectivity index (χ4n) is 1.25. The van der Waals surface area contributed by atoms with Gasteiger partial charge in [0.05, 0.1) is 0 Å². The van der Waals surface area contributed by atoms with Crippen LogP contribution in [0.3, 0.4) is 0 Å². The Bertz CT molecular complexity index is 392. The summed E-state index contributed by atoms with van der Waals surface area (Å²) in [6, 6.07) is 0. The smallest absolute Gasteiger partial charge is 0.316 e. The van der Waals surface area contributed by atoms with Crippen molar-refractivity contribution in [2.45, 2.75) is 36.2 Å². The molecule has 118 valence electrons. The molecule has 0 aliphatic heterocycles. The van der Waals surface area contributed by atoms with Gasteiger partial charge >= 0.3 is 30.1 Å². The van der Waals surface area contributed by atoms with Crippen molar-refractivity contribution in [3.63, 3.8) is 0 Å². The molecule has 0 aromatic heterocycles. The first-order valence-electron chi connectivity index (χ1n) is 4.51. The van der Waals surface area contributed by atoms with Gasteiger partial charge in [-0.3, -0.25) is 0 Å². The van der Waals surface area contributed by atoms with Crippen molar-refractivity contribution in [1.29, 1.82) is 0 Å². The Morgan fingerprint density at radius 2 is 1.15 bits per heavy atom. The first-order chi connectivity index (χ1) is 8.55. The lowest BCUT2D eigenvalue weighted by atomic mass is 10.1. The van der Waals surface area contributed by atoms with Crippen molar-refractivity contribution >= 4 is 0 Å². The summed E-state index contributed by atoms with van der Waals surface area (Å²) in [4.78, 5) is 0. The molecule has 1 rings (SSSR count). The van der Waals surface area contributed by atoms with Crippen LogP contribution in [0.2, 0.25) is 0 Å². The maximum Gasteiger partial charge on any atom is 0.423 e. The molecule has 1 nitrogen and oxygen atoms in total. The number of halogens is 11. The number of hydrogen-bond acceptors (Lipinski definition) is 1. The zero-order valence-corrected chi connectivity index (χ0v) is 8.80. The molecule has 0 fully saturated rings. The molecule has 0 bridgehead atoms. The monoisotopic (exact) mass is 324 g/mol. The summed E-state index contributed by atoms with van der Waals surface area (Å²) in [6.45, 7) is 0. The third kappa shape index (κ3) is 2.56. The van der Waals surface area contributed by atoms with Crippen molar-refractivity contribution in [3.05, 3.63) is 12.2 Å². The lowest BCUT2D eigenvalue weighted by molar-refractivity contribution is -0.391. The van der Waals surface area contributed by atoms with Gasteiger partial charge in [-0.2, -0.15) is 43.9 Å². The van der Waals surface area contributed by atoms with E-state index in [1.807, 2.05) is 0 Å². The Balaban J connectivity index is 3.17. The Hall–Kier alpha value is -1.07. The van der Waals surface area contributed by atoms with E-state index >= 15 is 0 Å². The van der Waals surface area contributed by atoms with Gasteiger partial charge < -0.3 is 4.74 Å². The van der Waals surface area contributed by atoms with Gasteiger partial charge in [-0.15, -0.1) is 0 Å². The average molecular weight is 324 g/mol. The quantitative estimate of drug-likeness (QED) is 0.551. The highest BCUT2D eigenvalue weighted by molar-refractivity contribution is 5.23. The van der Waals surface area contributed by atoms with Crippen LogP contribution in [0.1, 0.15) is 0 Å². The second kappa shape index (κ2) is 4.21. The molecule has 1 atom stereocenters. The summed E-state index contributed by atoms with van der Waals surface area (Å²) in [7, 11) is 0. The minimum atomic E-state index is -6.32. The predicted molar refractivity (Wildman–Crippen MR) is 39.9 cm³/mol. The lowest BCUT2D eigenvalue weighted by Gasteiger charge is -2.33. The summed E-state index contributed by atoms with van der Waals surface area (Å²) in [5.41, 5.74) is 0. The molecule has 1 unspecified atom stereocenters. The molecule has 0 heterocycles. The van der Waals surface area contributed by atoms with Crippen molar-refractivity contribution in [2.75, 3.05) is 0 Å². The lowest BCUT2D eigenvalue weighted by Crippen LogP contribution is -2.57. The highest BCUT2D eigenvalue weighted by Crippen LogP contribution is 2.53. The van der Waals surface area contributed by atoms with E-state index in [0.29, 0.717) is 0 Å². The van der Waals surface area contributed by atoms with Gasteiger partial charge in [-0.05, 0) is 12.2 Å². The summed E-state index contributed by atoms with van der Waals surface area (Å²) in [5.74, 6) is -16.5. The number of hydrogen-bond donors (Lipinski definition) is 0. The standard InChI is InChI=1S/C8H3F11O/c9-4(10)1-2-5(11,8(4,18)19)20-3(6(12,13)14)7(15,16)17/h1-3H. The van der Waals surface area contributed by atoms with E-state index in [4.69, 9.17) is 0 Å². The first-order valence-corrected chi connectivity index (χ1v) is 4.51. The molecule has 0 spiro atoms.